The molecule has 0 fully saturated rings. The van der Waals surface area contributed by atoms with E-state index in [0.717, 1.165) is 42.7 Å². The fourth-order valence-electron chi connectivity index (χ4n) is 3.01. The van der Waals surface area contributed by atoms with Crippen LogP contribution in [0, 0.1) is 0 Å². The van der Waals surface area contributed by atoms with Crippen LogP contribution in [0.4, 0.5) is 0 Å². The minimum atomic E-state index is -1.06. The minimum Gasteiger partial charge on any atom is -0.383 e. The SMILES string of the molecule is CCNC(=NCC(C)(O)c1cnn(C)c1)NCCCn1cnc2ccccc21.I. The fraction of sp³-hybridized carbons (Fsp3) is 0.450. The van der Waals surface area contributed by atoms with E-state index in [1.807, 2.05) is 44.7 Å². The van der Waals surface area contributed by atoms with Crippen molar-refractivity contribution < 1.29 is 5.11 Å². The van der Waals surface area contributed by atoms with E-state index in [2.05, 4.69) is 36.3 Å². The van der Waals surface area contributed by atoms with E-state index in [1.54, 1.807) is 17.8 Å². The summed E-state index contributed by atoms with van der Waals surface area (Å²) in [7, 11) is 1.83. The number of fused-ring (bicyclic) bond motifs is 1. The number of hydrogen-bond donors (Lipinski definition) is 3. The number of imidazole rings is 1. The lowest BCUT2D eigenvalue weighted by molar-refractivity contribution is 0.0672. The Kier molecular flexibility index (Phi) is 8.45. The molecule has 29 heavy (non-hydrogen) atoms. The van der Waals surface area contributed by atoms with Gasteiger partial charge in [-0.3, -0.25) is 4.68 Å². The molecule has 0 radical (unpaired) electrons. The van der Waals surface area contributed by atoms with Crippen molar-refractivity contribution in [2.45, 2.75) is 32.4 Å². The Morgan fingerprint density at radius 1 is 1.28 bits per heavy atom. The number of aryl methyl sites for hydroxylation is 2. The first-order chi connectivity index (χ1) is 13.5. The number of rotatable bonds is 8. The number of aliphatic imine (C=N–C) groups is 1. The fourth-order valence-corrected chi connectivity index (χ4v) is 3.01. The van der Waals surface area contributed by atoms with Crippen molar-refractivity contribution >= 4 is 41.0 Å². The summed E-state index contributed by atoms with van der Waals surface area (Å²) in [5.74, 6) is 0.696. The van der Waals surface area contributed by atoms with E-state index in [9.17, 15) is 5.11 Å². The summed E-state index contributed by atoms with van der Waals surface area (Å²) in [6.07, 6.45) is 6.30. The highest BCUT2D eigenvalue weighted by Crippen LogP contribution is 2.19. The van der Waals surface area contributed by atoms with Gasteiger partial charge in [0.1, 0.15) is 5.60 Å². The van der Waals surface area contributed by atoms with E-state index in [0.29, 0.717) is 5.96 Å². The Bertz CT molecular complexity index is 932. The molecule has 2 aromatic heterocycles. The Labute approximate surface area is 188 Å². The molecule has 3 N–H and O–H groups in total. The minimum absolute atomic E-state index is 0. The molecule has 0 bridgehead atoms. The first-order valence-corrected chi connectivity index (χ1v) is 9.63. The molecule has 9 heteroatoms. The molecule has 0 saturated carbocycles. The molecule has 0 amide bonds. The summed E-state index contributed by atoms with van der Waals surface area (Å²) in [4.78, 5) is 8.96. The van der Waals surface area contributed by atoms with Crippen LogP contribution >= 0.6 is 24.0 Å². The Balaban J connectivity index is 0.00000300. The number of nitrogens with zero attached hydrogens (tertiary/aromatic N) is 5. The van der Waals surface area contributed by atoms with Crippen molar-refractivity contribution in [1.82, 2.24) is 30.0 Å². The number of nitrogens with one attached hydrogen (secondary N) is 2. The number of para-hydroxylation sites is 2. The summed E-state index contributed by atoms with van der Waals surface area (Å²) in [5, 5.41) is 21.4. The quantitative estimate of drug-likeness (QED) is 0.187. The van der Waals surface area contributed by atoms with Crippen LogP contribution in [0.2, 0.25) is 0 Å². The highest BCUT2D eigenvalue weighted by atomic mass is 127. The molecule has 0 aliphatic heterocycles. The van der Waals surface area contributed by atoms with Gasteiger partial charge in [0.2, 0.25) is 0 Å². The molecule has 1 atom stereocenters. The van der Waals surface area contributed by atoms with Crippen LogP contribution in [0.3, 0.4) is 0 Å². The van der Waals surface area contributed by atoms with Crippen molar-refractivity contribution in [2.75, 3.05) is 19.6 Å². The monoisotopic (exact) mass is 511 g/mol. The normalized spacial score (nSPS) is 13.7. The van der Waals surface area contributed by atoms with Gasteiger partial charge in [-0.15, -0.1) is 24.0 Å². The van der Waals surface area contributed by atoms with Crippen molar-refractivity contribution in [2.24, 2.45) is 12.0 Å². The van der Waals surface area contributed by atoms with E-state index < -0.39 is 5.60 Å². The Morgan fingerprint density at radius 3 is 2.79 bits per heavy atom. The molecule has 158 valence electrons. The largest absolute Gasteiger partial charge is 0.383 e. The number of benzene rings is 1. The van der Waals surface area contributed by atoms with Crippen LogP contribution in [-0.2, 0) is 19.2 Å². The van der Waals surface area contributed by atoms with Crippen LogP contribution < -0.4 is 10.6 Å². The average molecular weight is 511 g/mol. The molecule has 3 rings (SSSR count). The van der Waals surface area contributed by atoms with Gasteiger partial charge in [-0.25, -0.2) is 9.98 Å². The zero-order chi connectivity index (χ0) is 20.0. The van der Waals surface area contributed by atoms with Crippen LogP contribution in [0.15, 0.2) is 48.0 Å². The van der Waals surface area contributed by atoms with Crippen molar-refractivity contribution in [1.29, 1.82) is 0 Å². The molecule has 0 spiro atoms. The second-order valence-electron chi connectivity index (χ2n) is 7.08. The van der Waals surface area contributed by atoms with Crippen LogP contribution in [0.5, 0.6) is 0 Å². The van der Waals surface area contributed by atoms with Gasteiger partial charge < -0.3 is 20.3 Å². The number of guanidine groups is 1. The highest BCUT2D eigenvalue weighted by molar-refractivity contribution is 14.0. The third-order valence-electron chi connectivity index (χ3n) is 4.61. The van der Waals surface area contributed by atoms with Crippen LogP contribution in [-0.4, -0.2) is 50.0 Å². The number of aromatic nitrogens is 4. The maximum absolute atomic E-state index is 10.7. The average Bonchev–Trinajstić information content (AvgIpc) is 3.30. The van der Waals surface area contributed by atoms with Crippen molar-refractivity contribution in [3.05, 3.63) is 48.5 Å². The Hall–Kier alpha value is -2.14. The van der Waals surface area contributed by atoms with E-state index in [4.69, 9.17) is 0 Å². The van der Waals surface area contributed by atoms with Gasteiger partial charge >= 0.3 is 0 Å². The molecule has 1 aromatic carbocycles. The first-order valence-electron chi connectivity index (χ1n) is 9.63. The molecule has 0 aliphatic rings. The molecule has 3 aromatic rings. The van der Waals surface area contributed by atoms with Gasteiger partial charge in [0.15, 0.2) is 5.96 Å². The predicted octanol–water partition coefficient (Wildman–Crippen LogP) is 2.24. The smallest absolute Gasteiger partial charge is 0.191 e. The lowest BCUT2D eigenvalue weighted by atomic mass is 10.0. The van der Waals surface area contributed by atoms with E-state index in [-0.39, 0.29) is 30.5 Å². The molecule has 2 heterocycles. The maximum atomic E-state index is 10.7. The zero-order valence-electron chi connectivity index (χ0n) is 17.2. The predicted molar refractivity (Wildman–Crippen MR) is 127 cm³/mol. The first kappa shape index (κ1) is 23.1. The van der Waals surface area contributed by atoms with Gasteiger partial charge in [-0.05, 0) is 32.4 Å². The molecule has 8 nitrogen and oxygen atoms in total. The maximum Gasteiger partial charge on any atom is 0.191 e. The summed E-state index contributed by atoms with van der Waals surface area (Å²) in [5.41, 5.74) is 1.85. The van der Waals surface area contributed by atoms with Gasteiger partial charge in [-0.2, -0.15) is 5.10 Å². The van der Waals surface area contributed by atoms with Gasteiger partial charge in [0, 0.05) is 38.4 Å². The van der Waals surface area contributed by atoms with Gasteiger partial charge in [0.05, 0.1) is 30.1 Å². The number of aliphatic hydroxyl groups is 1. The van der Waals surface area contributed by atoms with Crippen molar-refractivity contribution in [3.8, 4) is 0 Å². The second kappa shape index (κ2) is 10.6. The lowest BCUT2D eigenvalue weighted by Gasteiger charge is -2.20. The summed E-state index contributed by atoms with van der Waals surface area (Å²) < 4.78 is 3.84. The third-order valence-corrected chi connectivity index (χ3v) is 4.61. The zero-order valence-corrected chi connectivity index (χ0v) is 19.5. The highest BCUT2D eigenvalue weighted by Gasteiger charge is 2.24. The van der Waals surface area contributed by atoms with Crippen LogP contribution in [0.1, 0.15) is 25.8 Å². The van der Waals surface area contributed by atoms with E-state index in [1.165, 1.54) is 0 Å². The topological polar surface area (TPSA) is 92.3 Å². The molecular formula is C20H30IN7O. The van der Waals surface area contributed by atoms with E-state index >= 15 is 0 Å². The second-order valence-corrected chi connectivity index (χ2v) is 7.08. The summed E-state index contributed by atoms with van der Waals surface area (Å²) in [6, 6.07) is 8.14. The van der Waals surface area contributed by atoms with Crippen molar-refractivity contribution in [3.63, 3.8) is 0 Å². The molecule has 0 aliphatic carbocycles. The lowest BCUT2D eigenvalue weighted by Crippen LogP contribution is -2.39. The molecule has 1 unspecified atom stereocenters. The van der Waals surface area contributed by atoms with Gasteiger partial charge in [-0.1, -0.05) is 12.1 Å². The summed E-state index contributed by atoms with van der Waals surface area (Å²) >= 11 is 0. The third kappa shape index (κ3) is 6.17. The molecule has 0 saturated heterocycles. The molecular weight excluding hydrogens is 481 g/mol. The summed E-state index contributed by atoms with van der Waals surface area (Å²) in [6.45, 7) is 6.43. The van der Waals surface area contributed by atoms with Gasteiger partial charge in [0.25, 0.3) is 0 Å². The Morgan fingerprint density at radius 2 is 2.07 bits per heavy atom. The standard InChI is InChI=1S/C20H29N7O.HI/c1-4-21-19(23-14-20(2,28)16-12-25-26(3)13-16)22-10-7-11-27-15-24-17-8-5-6-9-18(17)27;/h5-6,8-9,12-13,15,28H,4,7,10-11,14H2,1-3H3,(H2,21,22,23);1H. The van der Waals surface area contributed by atoms with Crippen LogP contribution in [0.25, 0.3) is 11.0 Å². The number of hydrogen-bond acceptors (Lipinski definition) is 4. The number of halogens is 1.